The van der Waals surface area contributed by atoms with Crippen molar-refractivity contribution in [1.29, 1.82) is 0 Å². The first-order valence-electron chi connectivity index (χ1n) is 6.14. The lowest BCUT2D eigenvalue weighted by atomic mass is 9.95. The number of benzene rings is 2. The normalized spacial score (nSPS) is 14.4. The molecule has 0 heterocycles. The molecule has 1 N–H and O–H groups in total. The van der Waals surface area contributed by atoms with E-state index in [0.29, 0.717) is 0 Å². The molecular formula is C16H19NO. The van der Waals surface area contributed by atoms with Crippen LogP contribution in [0, 0.1) is 0 Å². The lowest BCUT2D eigenvalue weighted by molar-refractivity contribution is 0.0754. The monoisotopic (exact) mass is 241 g/mol. The van der Waals surface area contributed by atoms with Crippen molar-refractivity contribution < 1.29 is 5.11 Å². The summed E-state index contributed by atoms with van der Waals surface area (Å²) < 4.78 is 0. The Balaban J connectivity index is 2.32. The lowest BCUT2D eigenvalue weighted by Crippen LogP contribution is -2.26. The zero-order valence-corrected chi connectivity index (χ0v) is 10.8. The van der Waals surface area contributed by atoms with E-state index in [2.05, 4.69) is 12.1 Å². The highest BCUT2D eigenvalue weighted by Crippen LogP contribution is 2.32. The maximum atomic E-state index is 10.6. The summed E-state index contributed by atoms with van der Waals surface area (Å²) in [5.74, 6) is 0. The summed E-state index contributed by atoms with van der Waals surface area (Å²) in [6, 6.07) is 19.9. The summed E-state index contributed by atoms with van der Waals surface area (Å²) in [6.07, 6.45) is -0.524. The van der Waals surface area contributed by atoms with Crippen molar-refractivity contribution in [2.45, 2.75) is 12.1 Å². The molecule has 2 atom stereocenters. The minimum atomic E-state index is -0.524. The number of nitrogens with zero attached hydrogens (tertiary/aromatic N) is 1. The van der Waals surface area contributed by atoms with Crippen molar-refractivity contribution in [2.75, 3.05) is 14.1 Å². The average molecular weight is 241 g/mol. The molecule has 2 aromatic carbocycles. The first kappa shape index (κ1) is 12.8. The summed E-state index contributed by atoms with van der Waals surface area (Å²) in [4.78, 5) is 2.05. The van der Waals surface area contributed by atoms with Crippen LogP contribution < -0.4 is 0 Å². The number of hydrogen-bond acceptors (Lipinski definition) is 2. The Morgan fingerprint density at radius 2 is 1.22 bits per heavy atom. The van der Waals surface area contributed by atoms with Crippen LogP contribution in [0.2, 0.25) is 0 Å². The average Bonchev–Trinajstić information content (AvgIpc) is 2.40. The Kier molecular flexibility index (Phi) is 4.13. The van der Waals surface area contributed by atoms with Crippen molar-refractivity contribution in [3.8, 4) is 0 Å². The molecule has 0 aliphatic carbocycles. The third-order valence-electron chi connectivity index (χ3n) is 3.14. The topological polar surface area (TPSA) is 23.5 Å². The van der Waals surface area contributed by atoms with Crippen LogP contribution in [0.5, 0.6) is 0 Å². The highest BCUT2D eigenvalue weighted by atomic mass is 16.3. The maximum absolute atomic E-state index is 10.6. The molecule has 0 saturated carbocycles. The molecular weight excluding hydrogens is 222 g/mol. The molecule has 2 nitrogen and oxygen atoms in total. The number of hydrogen-bond donors (Lipinski definition) is 1. The van der Waals surface area contributed by atoms with Gasteiger partial charge < -0.3 is 5.11 Å². The third-order valence-corrected chi connectivity index (χ3v) is 3.14. The first-order chi connectivity index (χ1) is 8.70. The van der Waals surface area contributed by atoms with E-state index >= 15 is 0 Å². The van der Waals surface area contributed by atoms with Crippen LogP contribution in [-0.4, -0.2) is 24.1 Å². The zero-order chi connectivity index (χ0) is 13.0. The first-order valence-corrected chi connectivity index (χ1v) is 6.14. The van der Waals surface area contributed by atoms with Gasteiger partial charge in [0.2, 0.25) is 0 Å². The smallest absolute Gasteiger partial charge is 0.0986 e. The van der Waals surface area contributed by atoms with E-state index in [1.807, 2.05) is 67.5 Å². The van der Waals surface area contributed by atoms with Crippen LogP contribution in [0.4, 0.5) is 0 Å². The largest absolute Gasteiger partial charge is 0.386 e. The number of likely N-dealkylation sites (N-methyl/N-ethyl adjacent to an activating group) is 1. The van der Waals surface area contributed by atoms with Crippen molar-refractivity contribution in [3.63, 3.8) is 0 Å². The Hall–Kier alpha value is -1.64. The van der Waals surface area contributed by atoms with E-state index in [0.717, 1.165) is 11.1 Å². The number of aliphatic hydroxyl groups is 1. The Bertz CT molecular complexity index is 467. The maximum Gasteiger partial charge on any atom is 0.0986 e. The van der Waals surface area contributed by atoms with Gasteiger partial charge in [-0.1, -0.05) is 60.7 Å². The quantitative estimate of drug-likeness (QED) is 0.889. The van der Waals surface area contributed by atoms with E-state index in [9.17, 15) is 5.11 Å². The molecule has 94 valence electrons. The van der Waals surface area contributed by atoms with Crippen LogP contribution in [0.15, 0.2) is 60.7 Å². The second kappa shape index (κ2) is 5.80. The van der Waals surface area contributed by atoms with Gasteiger partial charge in [-0.25, -0.2) is 0 Å². The van der Waals surface area contributed by atoms with Crippen molar-refractivity contribution in [3.05, 3.63) is 71.8 Å². The summed E-state index contributed by atoms with van der Waals surface area (Å²) >= 11 is 0. The van der Waals surface area contributed by atoms with Gasteiger partial charge in [0.1, 0.15) is 0 Å². The Morgan fingerprint density at radius 1 is 0.778 bits per heavy atom. The molecule has 0 spiro atoms. The highest BCUT2D eigenvalue weighted by Gasteiger charge is 2.24. The summed E-state index contributed by atoms with van der Waals surface area (Å²) in [7, 11) is 3.98. The molecule has 2 heteroatoms. The third kappa shape index (κ3) is 2.78. The van der Waals surface area contributed by atoms with E-state index in [4.69, 9.17) is 0 Å². The van der Waals surface area contributed by atoms with Gasteiger partial charge in [-0.05, 0) is 25.2 Å². The SMILES string of the molecule is CN(C)[C@@H](c1ccccc1)[C@H](O)c1ccccc1. The fourth-order valence-corrected chi connectivity index (χ4v) is 2.25. The van der Waals surface area contributed by atoms with E-state index in [1.165, 1.54) is 0 Å². The minimum Gasteiger partial charge on any atom is -0.386 e. The van der Waals surface area contributed by atoms with Gasteiger partial charge in [0.25, 0.3) is 0 Å². The molecule has 2 aromatic rings. The predicted molar refractivity (Wildman–Crippen MR) is 74.3 cm³/mol. The molecule has 18 heavy (non-hydrogen) atoms. The molecule has 0 saturated heterocycles. The zero-order valence-electron chi connectivity index (χ0n) is 10.8. The van der Waals surface area contributed by atoms with Crippen LogP contribution >= 0.6 is 0 Å². The predicted octanol–water partition coefficient (Wildman–Crippen LogP) is 3.02. The van der Waals surface area contributed by atoms with Crippen molar-refractivity contribution >= 4 is 0 Å². The van der Waals surface area contributed by atoms with Crippen LogP contribution in [-0.2, 0) is 0 Å². The van der Waals surface area contributed by atoms with Crippen molar-refractivity contribution in [1.82, 2.24) is 4.90 Å². The second-order valence-corrected chi connectivity index (χ2v) is 4.67. The molecule has 0 aliphatic rings. The second-order valence-electron chi connectivity index (χ2n) is 4.67. The molecule has 2 rings (SSSR count). The van der Waals surface area contributed by atoms with E-state index in [-0.39, 0.29) is 6.04 Å². The van der Waals surface area contributed by atoms with Gasteiger partial charge in [0.15, 0.2) is 0 Å². The van der Waals surface area contributed by atoms with E-state index < -0.39 is 6.10 Å². The number of rotatable bonds is 4. The van der Waals surface area contributed by atoms with Crippen LogP contribution in [0.1, 0.15) is 23.3 Å². The van der Waals surface area contributed by atoms with Crippen LogP contribution in [0.25, 0.3) is 0 Å². The molecule has 0 aromatic heterocycles. The summed E-state index contributed by atoms with van der Waals surface area (Å²) in [6.45, 7) is 0. The van der Waals surface area contributed by atoms with Gasteiger partial charge >= 0.3 is 0 Å². The molecule has 0 bridgehead atoms. The molecule has 0 fully saturated rings. The lowest BCUT2D eigenvalue weighted by Gasteiger charge is -2.29. The van der Waals surface area contributed by atoms with Crippen LogP contribution in [0.3, 0.4) is 0 Å². The molecule has 0 aliphatic heterocycles. The highest BCUT2D eigenvalue weighted by molar-refractivity contribution is 5.26. The minimum absolute atomic E-state index is 0.0337. The van der Waals surface area contributed by atoms with Gasteiger partial charge in [0, 0.05) is 0 Å². The van der Waals surface area contributed by atoms with Gasteiger partial charge in [0.05, 0.1) is 12.1 Å². The number of aliphatic hydroxyl groups excluding tert-OH is 1. The fraction of sp³-hybridized carbons (Fsp3) is 0.250. The van der Waals surface area contributed by atoms with Gasteiger partial charge in [-0.2, -0.15) is 0 Å². The molecule has 0 amide bonds. The standard InChI is InChI=1S/C16H19NO/c1-17(2)15(13-9-5-3-6-10-13)16(18)14-11-7-4-8-12-14/h3-12,15-16,18H,1-2H3/t15-,16+/m0/s1. The summed E-state index contributed by atoms with van der Waals surface area (Å²) in [5.41, 5.74) is 2.07. The summed E-state index contributed by atoms with van der Waals surface area (Å²) in [5, 5.41) is 10.6. The Labute approximate surface area is 109 Å². The fourth-order valence-electron chi connectivity index (χ4n) is 2.25. The molecule has 0 unspecified atom stereocenters. The Morgan fingerprint density at radius 3 is 1.67 bits per heavy atom. The van der Waals surface area contributed by atoms with E-state index in [1.54, 1.807) is 0 Å². The molecule has 0 radical (unpaired) electrons. The van der Waals surface area contributed by atoms with Gasteiger partial charge in [-0.3, -0.25) is 4.90 Å². The van der Waals surface area contributed by atoms with Gasteiger partial charge in [-0.15, -0.1) is 0 Å². The van der Waals surface area contributed by atoms with Crippen molar-refractivity contribution in [2.24, 2.45) is 0 Å².